The van der Waals surface area contributed by atoms with Crippen molar-refractivity contribution in [3.63, 3.8) is 0 Å². The van der Waals surface area contributed by atoms with E-state index in [0.717, 1.165) is 22.9 Å². The highest BCUT2D eigenvalue weighted by atomic mass is 19.4. The molecule has 0 spiro atoms. The van der Waals surface area contributed by atoms with E-state index in [-0.39, 0.29) is 0 Å². The molecule has 1 saturated heterocycles. The van der Waals surface area contributed by atoms with Crippen molar-refractivity contribution < 1.29 is 13.2 Å². The summed E-state index contributed by atoms with van der Waals surface area (Å²) >= 11 is 0. The summed E-state index contributed by atoms with van der Waals surface area (Å²) < 4.78 is 38.0. The Kier molecular flexibility index (Phi) is 3.65. The molecule has 1 atom stereocenters. The lowest BCUT2D eigenvalue weighted by Gasteiger charge is -2.28. The molecule has 0 N–H and O–H groups in total. The summed E-state index contributed by atoms with van der Waals surface area (Å²) in [6, 6.07) is 8.67. The van der Waals surface area contributed by atoms with E-state index in [1.807, 2.05) is 17.0 Å². The SMILES string of the molecule is N#Cc1nccc2cc(N3CCC[C@@H]3CC(F)(F)F)ccc12. The Labute approximate surface area is 126 Å². The predicted octanol–water partition coefficient (Wildman–Crippen LogP) is 4.03. The van der Waals surface area contributed by atoms with Gasteiger partial charge in [-0.25, -0.2) is 4.98 Å². The molecule has 0 saturated carbocycles. The molecule has 0 unspecified atom stereocenters. The standard InChI is InChI=1S/C16H14F3N3/c17-16(18,19)9-13-2-1-7-22(13)12-3-4-14-11(8-12)5-6-21-15(14)10-20/h3-6,8,13H,1-2,7,9H2/t13-/m1/s1. The smallest absolute Gasteiger partial charge is 0.368 e. The van der Waals surface area contributed by atoms with Gasteiger partial charge in [-0.05, 0) is 42.5 Å². The minimum Gasteiger partial charge on any atom is -0.368 e. The van der Waals surface area contributed by atoms with Crippen LogP contribution >= 0.6 is 0 Å². The van der Waals surface area contributed by atoms with Crippen LogP contribution in [0.2, 0.25) is 0 Å². The Balaban J connectivity index is 1.95. The van der Waals surface area contributed by atoms with Crippen LogP contribution in [0, 0.1) is 11.3 Å². The van der Waals surface area contributed by atoms with E-state index < -0.39 is 18.6 Å². The van der Waals surface area contributed by atoms with Crippen LogP contribution in [0.3, 0.4) is 0 Å². The van der Waals surface area contributed by atoms with Gasteiger partial charge < -0.3 is 4.90 Å². The van der Waals surface area contributed by atoms with Crippen LogP contribution in [0.15, 0.2) is 30.5 Å². The second kappa shape index (κ2) is 5.48. The molecule has 2 heterocycles. The largest absolute Gasteiger partial charge is 0.391 e. The zero-order valence-corrected chi connectivity index (χ0v) is 11.8. The first-order valence-electron chi connectivity index (χ1n) is 7.10. The number of alkyl halides is 3. The summed E-state index contributed by atoms with van der Waals surface area (Å²) in [5.74, 6) is 0. The second-order valence-corrected chi connectivity index (χ2v) is 5.49. The van der Waals surface area contributed by atoms with Crippen LogP contribution in [0.4, 0.5) is 18.9 Å². The molecule has 0 amide bonds. The fourth-order valence-electron chi connectivity index (χ4n) is 3.09. The molecule has 0 radical (unpaired) electrons. The van der Waals surface area contributed by atoms with E-state index in [1.165, 1.54) is 0 Å². The number of rotatable bonds is 2. The van der Waals surface area contributed by atoms with Gasteiger partial charge in [-0.2, -0.15) is 18.4 Å². The van der Waals surface area contributed by atoms with E-state index in [4.69, 9.17) is 5.26 Å². The van der Waals surface area contributed by atoms with Crippen molar-refractivity contribution in [1.82, 2.24) is 4.98 Å². The van der Waals surface area contributed by atoms with Crippen molar-refractivity contribution in [2.75, 3.05) is 11.4 Å². The van der Waals surface area contributed by atoms with Gasteiger partial charge in [0.05, 0.1) is 6.42 Å². The van der Waals surface area contributed by atoms with Crippen molar-refractivity contribution in [1.29, 1.82) is 5.26 Å². The molecule has 6 heteroatoms. The first-order valence-corrected chi connectivity index (χ1v) is 7.10. The van der Waals surface area contributed by atoms with Gasteiger partial charge in [0.1, 0.15) is 11.8 Å². The van der Waals surface area contributed by atoms with Crippen LogP contribution in [-0.2, 0) is 0 Å². The summed E-state index contributed by atoms with van der Waals surface area (Å²) in [4.78, 5) is 5.81. The van der Waals surface area contributed by atoms with Crippen molar-refractivity contribution in [3.05, 3.63) is 36.2 Å². The molecule has 0 bridgehead atoms. The molecule has 114 valence electrons. The van der Waals surface area contributed by atoms with E-state index in [1.54, 1.807) is 24.4 Å². The molecule has 1 aromatic heterocycles. The summed E-state index contributed by atoms with van der Waals surface area (Å²) in [5, 5.41) is 10.6. The third kappa shape index (κ3) is 2.84. The van der Waals surface area contributed by atoms with E-state index in [2.05, 4.69) is 4.98 Å². The number of hydrogen-bond donors (Lipinski definition) is 0. The third-order valence-electron chi connectivity index (χ3n) is 4.03. The highest BCUT2D eigenvalue weighted by molar-refractivity contribution is 5.89. The second-order valence-electron chi connectivity index (χ2n) is 5.49. The van der Waals surface area contributed by atoms with E-state index in [0.29, 0.717) is 18.7 Å². The zero-order chi connectivity index (χ0) is 15.7. The molecule has 1 aromatic carbocycles. The number of anilines is 1. The lowest BCUT2D eigenvalue weighted by molar-refractivity contribution is -0.137. The number of benzene rings is 1. The van der Waals surface area contributed by atoms with E-state index >= 15 is 0 Å². The molecule has 22 heavy (non-hydrogen) atoms. The lowest BCUT2D eigenvalue weighted by atomic mass is 10.1. The number of aromatic nitrogens is 1. The van der Waals surface area contributed by atoms with Gasteiger partial charge in [-0.1, -0.05) is 0 Å². The highest BCUT2D eigenvalue weighted by Gasteiger charge is 2.37. The summed E-state index contributed by atoms with van der Waals surface area (Å²) in [7, 11) is 0. The summed E-state index contributed by atoms with van der Waals surface area (Å²) in [6.45, 7) is 0.627. The summed E-state index contributed by atoms with van der Waals surface area (Å²) in [6.07, 6.45) is -2.08. The normalized spacial score (nSPS) is 18.6. The zero-order valence-electron chi connectivity index (χ0n) is 11.8. The fourth-order valence-corrected chi connectivity index (χ4v) is 3.09. The third-order valence-corrected chi connectivity index (χ3v) is 4.03. The van der Waals surface area contributed by atoms with Crippen LogP contribution in [0.25, 0.3) is 10.8 Å². The predicted molar refractivity (Wildman–Crippen MR) is 77.5 cm³/mol. The number of nitrogens with zero attached hydrogens (tertiary/aromatic N) is 3. The molecule has 0 aliphatic carbocycles. The van der Waals surface area contributed by atoms with Crippen molar-refractivity contribution in [2.24, 2.45) is 0 Å². The average molecular weight is 305 g/mol. The molecule has 1 aliphatic heterocycles. The fraction of sp³-hybridized carbons (Fsp3) is 0.375. The van der Waals surface area contributed by atoms with Crippen molar-refractivity contribution in [2.45, 2.75) is 31.5 Å². The van der Waals surface area contributed by atoms with Crippen molar-refractivity contribution >= 4 is 16.5 Å². The van der Waals surface area contributed by atoms with Crippen LogP contribution < -0.4 is 4.90 Å². The lowest BCUT2D eigenvalue weighted by Crippen LogP contribution is -2.33. The minimum absolute atomic E-state index is 0.331. The molecular formula is C16H14F3N3. The maximum atomic E-state index is 12.7. The number of nitriles is 1. The molecule has 1 aliphatic rings. The molecular weight excluding hydrogens is 291 g/mol. The number of pyridine rings is 1. The van der Waals surface area contributed by atoms with Gasteiger partial charge >= 0.3 is 6.18 Å². The quantitative estimate of drug-likeness (QED) is 0.841. The first-order chi connectivity index (χ1) is 10.5. The molecule has 1 fully saturated rings. The first kappa shape index (κ1) is 14.6. The maximum absolute atomic E-state index is 12.7. The number of hydrogen-bond acceptors (Lipinski definition) is 3. The highest BCUT2D eigenvalue weighted by Crippen LogP contribution is 2.34. The Morgan fingerprint density at radius 2 is 2.14 bits per heavy atom. The van der Waals surface area contributed by atoms with Gasteiger partial charge in [0.2, 0.25) is 0 Å². The van der Waals surface area contributed by atoms with Crippen LogP contribution in [-0.4, -0.2) is 23.7 Å². The van der Waals surface area contributed by atoms with Gasteiger partial charge in [0.15, 0.2) is 0 Å². The molecule has 3 rings (SSSR count). The Morgan fingerprint density at radius 3 is 2.86 bits per heavy atom. The average Bonchev–Trinajstić information content (AvgIpc) is 2.92. The molecule has 3 nitrogen and oxygen atoms in total. The van der Waals surface area contributed by atoms with Gasteiger partial charge in [0, 0.05) is 29.9 Å². The minimum atomic E-state index is -4.15. The summed E-state index contributed by atoms with van der Waals surface area (Å²) in [5.41, 5.74) is 1.10. The van der Waals surface area contributed by atoms with Crippen molar-refractivity contribution in [3.8, 4) is 6.07 Å². The van der Waals surface area contributed by atoms with Gasteiger partial charge in [0.25, 0.3) is 0 Å². The Bertz CT molecular complexity index is 733. The van der Waals surface area contributed by atoms with Crippen LogP contribution in [0.5, 0.6) is 0 Å². The Hall–Kier alpha value is -2.29. The van der Waals surface area contributed by atoms with E-state index in [9.17, 15) is 13.2 Å². The monoisotopic (exact) mass is 305 g/mol. The number of halogens is 3. The topological polar surface area (TPSA) is 39.9 Å². The van der Waals surface area contributed by atoms with Gasteiger partial charge in [-0.3, -0.25) is 0 Å². The van der Waals surface area contributed by atoms with Crippen LogP contribution in [0.1, 0.15) is 25.0 Å². The molecule has 2 aromatic rings. The number of fused-ring (bicyclic) bond motifs is 1. The Morgan fingerprint density at radius 1 is 1.32 bits per heavy atom. The van der Waals surface area contributed by atoms with Gasteiger partial charge in [-0.15, -0.1) is 0 Å². The maximum Gasteiger partial charge on any atom is 0.391 e.